The van der Waals surface area contributed by atoms with Gasteiger partial charge in [0.25, 0.3) is 5.69 Å². The highest BCUT2D eigenvalue weighted by Crippen LogP contribution is 2.24. The number of carbonyl (C=O) groups is 1. The Kier molecular flexibility index (Phi) is 7.91. The zero-order valence-corrected chi connectivity index (χ0v) is 13.1. The van der Waals surface area contributed by atoms with Crippen molar-refractivity contribution >= 4 is 17.3 Å². The van der Waals surface area contributed by atoms with Crippen molar-refractivity contribution in [1.82, 2.24) is 10.6 Å². The van der Waals surface area contributed by atoms with E-state index >= 15 is 0 Å². The lowest BCUT2D eigenvalue weighted by Gasteiger charge is -2.08. The SMILES string of the molecule is CNCCCC(=O)NCCCNc1ccc(C)cc1[N+](=O)[O-]. The van der Waals surface area contributed by atoms with E-state index in [2.05, 4.69) is 16.0 Å². The van der Waals surface area contributed by atoms with E-state index in [1.165, 1.54) is 0 Å². The number of carbonyl (C=O) groups excluding carboxylic acids is 1. The molecule has 0 radical (unpaired) electrons. The van der Waals surface area contributed by atoms with Crippen molar-refractivity contribution in [3.8, 4) is 0 Å². The van der Waals surface area contributed by atoms with Crippen molar-refractivity contribution in [3.05, 3.63) is 33.9 Å². The van der Waals surface area contributed by atoms with Gasteiger partial charge in [0.2, 0.25) is 5.91 Å². The van der Waals surface area contributed by atoms with E-state index in [-0.39, 0.29) is 11.6 Å². The maximum absolute atomic E-state index is 11.5. The number of anilines is 1. The minimum Gasteiger partial charge on any atom is -0.379 e. The van der Waals surface area contributed by atoms with Crippen molar-refractivity contribution < 1.29 is 9.72 Å². The second-order valence-electron chi connectivity index (χ2n) is 5.12. The van der Waals surface area contributed by atoms with Crippen molar-refractivity contribution in [2.75, 3.05) is 32.0 Å². The minimum atomic E-state index is -0.390. The van der Waals surface area contributed by atoms with Crippen LogP contribution in [0.5, 0.6) is 0 Å². The van der Waals surface area contributed by atoms with Gasteiger partial charge in [-0.1, -0.05) is 6.07 Å². The molecule has 7 heteroatoms. The summed E-state index contributed by atoms with van der Waals surface area (Å²) >= 11 is 0. The summed E-state index contributed by atoms with van der Waals surface area (Å²) in [5, 5.41) is 19.9. The van der Waals surface area contributed by atoms with Crippen molar-refractivity contribution in [2.24, 2.45) is 0 Å². The smallest absolute Gasteiger partial charge is 0.292 e. The fourth-order valence-electron chi connectivity index (χ4n) is 2.00. The number of nitrogens with one attached hydrogen (secondary N) is 3. The van der Waals surface area contributed by atoms with Gasteiger partial charge in [0.05, 0.1) is 4.92 Å². The number of amides is 1. The molecule has 22 heavy (non-hydrogen) atoms. The van der Waals surface area contributed by atoms with Gasteiger partial charge in [0.15, 0.2) is 0 Å². The number of rotatable bonds is 10. The summed E-state index contributed by atoms with van der Waals surface area (Å²) in [6, 6.07) is 5.09. The molecule has 0 saturated carbocycles. The summed E-state index contributed by atoms with van der Waals surface area (Å²) in [6.45, 7) is 3.78. The summed E-state index contributed by atoms with van der Waals surface area (Å²) < 4.78 is 0. The molecule has 0 heterocycles. The van der Waals surface area contributed by atoms with Crippen LogP contribution in [0.15, 0.2) is 18.2 Å². The Morgan fingerprint density at radius 2 is 2.00 bits per heavy atom. The topological polar surface area (TPSA) is 96.3 Å². The van der Waals surface area contributed by atoms with Crippen molar-refractivity contribution in [2.45, 2.75) is 26.2 Å². The number of hydrogen-bond acceptors (Lipinski definition) is 5. The molecule has 0 aliphatic rings. The number of benzene rings is 1. The third kappa shape index (κ3) is 6.53. The van der Waals surface area contributed by atoms with Gasteiger partial charge < -0.3 is 16.0 Å². The van der Waals surface area contributed by atoms with E-state index in [1.807, 2.05) is 20.0 Å². The summed E-state index contributed by atoms with van der Waals surface area (Å²) in [6.07, 6.45) is 2.04. The summed E-state index contributed by atoms with van der Waals surface area (Å²) in [4.78, 5) is 22.1. The first kappa shape index (κ1) is 17.9. The fraction of sp³-hybridized carbons (Fsp3) is 0.533. The second-order valence-corrected chi connectivity index (χ2v) is 5.12. The Morgan fingerprint density at radius 3 is 2.68 bits per heavy atom. The molecule has 0 aromatic heterocycles. The molecule has 1 aromatic rings. The van der Waals surface area contributed by atoms with Crippen LogP contribution in [0, 0.1) is 17.0 Å². The van der Waals surface area contributed by atoms with E-state index in [4.69, 9.17) is 0 Å². The lowest BCUT2D eigenvalue weighted by Crippen LogP contribution is -2.26. The molecule has 0 aliphatic carbocycles. The summed E-state index contributed by atoms with van der Waals surface area (Å²) in [5.41, 5.74) is 1.44. The Morgan fingerprint density at radius 1 is 1.23 bits per heavy atom. The van der Waals surface area contributed by atoms with Gasteiger partial charge in [-0.05, 0) is 45.0 Å². The number of nitrogens with zero attached hydrogens (tertiary/aromatic N) is 1. The number of aryl methyl sites for hydroxylation is 1. The molecule has 0 aliphatic heterocycles. The van der Waals surface area contributed by atoms with Gasteiger partial charge in [0, 0.05) is 25.6 Å². The average molecular weight is 308 g/mol. The van der Waals surface area contributed by atoms with Gasteiger partial charge in [-0.25, -0.2) is 0 Å². The van der Waals surface area contributed by atoms with Crippen LogP contribution in [0.25, 0.3) is 0 Å². The molecule has 0 fully saturated rings. The van der Waals surface area contributed by atoms with E-state index in [1.54, 1.807) is 12.1 Å². The van der Waals surface area contributed by atoms with Gasteiger partial charge in [0.1, 0.15) is 5.69 Å². The fourth-order valence-corrected chi connectivity index (χ4v) is 2.00. The highest BCUT2D eigenvalue weighted by molar-refractivity contribution is 5.75. The molecule has 0 spiro atoms. The van der Waals surface area contributed by atoms with Crippen LogP contribution in [0.2, 0.25) is 0 Å². The Hall–Kier alpha value is -2.15. The second kappa shape index (κ2) is 9.73. The molecule has 0 atom stereocenters. The van der Waals surface area contributed by atoms with E-state index in [9.17, 15) is 14.9 Å². The van der Waals surface area contributed by atoms with E-state index < -0.39 is 4.92 Å². The quantitative estimate of drug-likeness (QED) is 0.348. The third-order valence-corrected chi connectivity index (χ3v) is 3.17. The molecule has 122 valence electrons. The van der Waals surface area contributed by atoms with Gasteiger partial charge in [-0.2, -0.15) is 0 Å². The van der Waals surface area contributed by atoms with Gasteiger partial charge >= 0.3 is 0 Å². The lowest BCUT2D eigenvalue weighted by atomic mass is 10.2. The third-order valence-electron chi connectivity index (χ3n) is 3.17. The van der Waals surface area contributed by atoms with Crippen LogP contribution >= 0.6 is 0 Å². The van der Waals surface area contributed by atoms with E-state index in [0.29, 0.717) is 31.6 Å². The van der Waals surface area contributed by atoms with Crippen LogP contribution in [-0.2, 0) is 4.79 Å². The van der Waals surface area contributed by atoms with Crippen LogP contribution in [0.3, 0.4) is 0 Å². The van der Waals surface area contributed by atoms with E-state index in [0.717, 1.165) is 18.5 Å². The summed E-state index contributed by atoms with van der Waals surface area (Å²) in [5.74, 6) is 0.0385. The lowest BCUT2D eigenvalue weighted by molar-refractivity contribution is -0.384. The van der Waals surface area contributed by atoms with Gasteiger partial charge in [-0.15, -0.1) is 0 Å². The Bertz CT molecular complexity index is 506. The van der Waals surface area contributed by atoms with Crippen LogP contribution in [0.4, 0.5) is 11.4 Å². The van der Waals surface area contributed by atoms with Crippen LogP contribution in [0.1, 0.15) is 24.8 Å². The number of nitro groups is 1. The summed E-state index contributed by atoms with van der Waals surface area (Å²) in [7, 11) is 1.85. The number of nitro benzene ring substituents is 1. The minimum absolute atomic E-state index is 0.0385. The van der Waals surface area contributed by atoms with Crippen LogP contribution < -0.4 is 16.0 Å². The Balaban J connectivity index is 2.28. The average Bonchev–Trinajstić information content (AvgIpc) is 2.48. The predicted molar refractivity (Wildman–Crippen MR) is 87.1 cm³/mol. The maximum atomic E-state index is 11.5. The monoisotopic (exact) mass is 308 g/mol. The largest absolute Gasteiger partial charge is 0.379 e. The highest BCUT2D eigenvalue weighted by atomic mass is 16.6. The first-order chi connectivity index (χ1) is 10.5. The molecule has 7 nitrogen and oxygen atoms in total. The molecule has 0 unspecified atom stereocenters. The zero-order valence-electron chi connectivity index (χ0n) is 13.1. The molecular formula is C15H24N4O3. The molecule has 0 saturated heterocycles. The molecule has 3 N–H and O–H groups in total. The molecule has 1 rings (SSSR count). The molecule has 0 bridgehead atoms. The predicted octanol–water partition coefficient (Wildman–Crippen LogP) is 1.82. The van der Waals surface area contributed by atoms with Crippen LogP contribution in [-0.4, -0.2) is 37.5 Å². The van der Waals surface area contributed by atoms with Gasteiger partial charge in [-0.3, -0.25) is 14.9 Å². The highest BCUT2D eigenvalue weighted by Gasteiger charge is 2.12. The van der Waals surface area contributed by atoms with Crippen molar-refractivity contribution in [1.29, 1.82) is 0 Å². The normalized spacial score (nSPS) is 10.3. The first-order valence-electron chi connectivity index (χ1n) is 7.45. The first-order valence-corrected chi connectivity index (χ1v) is 7.45. The Labute approximate surface area is 130 Å². The molecule has 1 aromatic carbocycles. The van der Waals surface area contributed by atoms with Crippen molar-refractivity contribution in [3.63, 3.8) is 0 Å². The number of hydrogen-bond donors (Lipinski definition) is 3. The maximum Gasteiger partial charge on any atom is 0.292 e. The molecule has 1 amide bonds. The zero-order chi connectivity index (χ0) is 16.4. The molecular weight excluding hydrogens is 284 g/mol. The standard InChI is InChI=1S/C15H24N4O3/c1-12-6-7-13(14(11-12)19(21)22)17-9-4-10-18-15(20)5-3-8-16-2/h6-7,11,16-17H,3-5,8-10H2,1-2H3,(H,18,20).